The van der Waals surface area contributed by atoms with E-state index in [4.69, 9.17) is 4.74 Å². The third-order valence-corrected chi connectivity index (χ3v) is 3.99. The second kappa shape index (κ2) is 6.67. The number of aromatic nitrogens is 4. The highest BCUT2D eigenvalue weighted by Crippen LogP contribution is 2.25. The van der Waals surface area contributed by atoms with Crippen LogP contribution in [-0.4, -0.2) is 32.7 Å². The molecule has 27 heavy (non-hydrogen) atoms. The summed E-state index contributed by atoms with van der Waals surface area (Å²) in [7, 11) is 0. The molecule has 0 aliphatic heterocycles. The number of nitrogens with one attached hydrogen (secondary N) is 1. The van der Waals surface area contributed by atoms with Gasteiger partial charge in [0.2, 0.25) is 5.88 Å². The smallest absolute Gasteiger partial charge is 0.387 e. The molecule has 0 unspecified atom stereocenters. The second-order valence-electron chi connectivity index (χ2n) is 5.59. The highest BCUT2D eigenvalue weighted by atomic mass is 19.3. The van der Waals surface area contributed by atoms with E-state index in [1.807, 2.05) is 6.92 Å². The first-order chi connectivity index (χ1) is 13.1. The molecule has 0 saturated heterocycles. The van der Waals surface area contributed by atoms with E-state index in [9.17, 15) is 13.6 Å². The number of H-pyrrole nitrogens is 1. The van der Waals surface area contributed by atoms with Crippen LogP contribution >= 0.6 is 0 Å². The third-order valence-electron chi connectivity index (χ3n) is 3.99. The molecule has 1 N–H and O–H groups in total. The van der Waals surface area contributed by atoms with Gasteiger partial charge in [0.25, 0.3) is 5.56 Å². The number of hydrogen-bond donors (Lipinski definition) is 1. The number of benzene rings is 1. The lowest BCUT2D eigenvalue weighted by Crippen LogP contribution is -2.20. The molecule has 3 aromatic heterocycles. The molecule has 0 spiro atoms. The molecule has 3 heterocycles. The highest BCUT2D eigenvalue weighted by Gasteiger charge is 2.16. The van der Waals surface area contributed by atoms with Gasteiger partial charge in [-0.15, -0.1) is 0 Å². The lowest BCUT2D eigenvalue weighted by atomic mass is 10.2. The summed E-state index contributed by atoms with van der Waals surface area (Å²) in [4.78, 5) is 24.5. The average Bonchev–Trinajstić information content (AvgIpc) is 3.13. The molecular formula is C18H14F2N4O3. The molecule has 0 radical (unpaired) electrons. The Morgan fingerprint density at radius 2 is 1.96 bits per heavy atom. The van der Waals surface area contributed by atoms with Crippen molar-refractivity contribution in [3.05, 3.63) is 53.1 Å². The standard InChI is InChI=1S/C18H14F2N4O3/c1-2-26-13-8-7-12-14-15(22-9-21-14)17(25)24(16(12)23-13)10-3-5-11(6-4-10)27-18(19)20/h3-9,18H,2H2,1H3,(H,21,22). The highest BCUT2D eigenvalue weighted by molar-refractivity contribution is 6.01. The molecule has 9 heteroatoms. The molecule has 0 aliphatic carbocycles. The van der Waals surface area contributed by atoms with E-state index in [1.54, 1.807) is 12.1 Å². The summed E-state index contributed by atoms with van der Waals surface area (Å²) in [5, 5.41) is 0.655. The Morgan fingerprint density at radius 3 is 2.67 bits per heavy atom. The number of hydrogen-bond acceptors (Lipinski definition) is 5. The zero-order valence-electron chi connectivity index (χ0n) is 14.1. The molecule has 0 atom stereocenters. The zero-order chi connectivity index (χ0) is 19.0. The van der Waals surface area contributed by atoms with Crippen LogP contribution in [0.5, 0.6) is 11.6 Å². The van der Waals surface area contributed by atoms with Gasteiger partial charge in [-0.1, -0.05) is 0 Å². The van der Waals surface area contributed by atoms with E-state index in [0.717, 1.165) is 0 Å². The first kappa shape index (κ1) is 17.0. The van der Waals surface area contributed by atoms with Crippen LogP contribution in [0.3, 0.4) is 0 Å². The summed E-state index contributed by atoms with van der Waals surface area (Å²) in [6, 6.07) is 9.23. The van der Waals surface area contributed by atoms with Crippen LogP contribution in [0.15, 0.2) is 47.5 Å². The van der Waals surface area contributed by atoms with Crippen LogP contribution in [0.2, 0.25) is 0 Å². The van der Waals surface area contributed by atoms with Gasteiger partial charge in [-0.3, -0.25) is 9.36 Å². The molecule has 4 aromatic rings. The van der Waals surface area contributed by atoms with E-state index in [1.165, 1.54) is 35.2 Å². The summed E-state index contributed by atoms with van der Waals surface area (Å²) in [6.07, 6.45) is 1.44. The Bertz CT molecular complexity index is 1170. The Balaban J connectivity index is 1.97. The number of imidazole rings is 1. The van der Waals surface area contributed by atoms with Crippen molar-refractivity contribution in [2.45, 2.75) is 13.5 Å². The minimum atomic E-state index is -2.92. The molecule has 0 fully saturated rings. The third kappa shape index (κ3) is 2.97. The Morgan fingerprint density at radius 1 is 1.19 bits per heavy atom. The quantitative estimate of drug-likeness (QED) is 0.581. The topological polar surface area (TPSA) is 82.0 Å². The molecule has 0 bridgehead atoms. The van der Waals surface area contributed by atoms with E-state index in [-0.39, 0.29) is 11.3 Å². The zero-order valence-corrected chi connectivity index (χ0v) is 14.1. The number of ether oxygens (including phenoxy) is 2. The van der Waals surface area contributed by atoms with Gasteiger partial charge in [0.1, 0.15) is 16.8 Å². The van der Waals surface area contributed by atoms with Gasteiger partial charge in [0.05, 0.1) is 18.6 Å². The minimum absolute atomic E-state index is 0.00307. The lowest BCUT2D eigenvalue weighted by molar-refractivity contribution is -0.0498. The van der Waals surface area contributed by atoms with Crippen LogP contribution in [-0.2, 0) is 0 Å². The Labute approximate surface area is 151 Å². The van der Waals surface area contributed by atoms with Crippen LogP contribution in [0.4, 0.5) is 8.78 Å². The largest absolute Gasteiger partial charge is 0.478 e. The van der Waals surface area contributed by atoms with E-state index >= 15 is 0 Å². The maximum Gasteiger partial charge on any atom is 0.387 e. The van der Waals surface area contributed by atoms with Crippen molar-refractivity contribution in [2.75, 3.05) is 6.61 Å². The van der Waals surface area contributed by atoms with Gasteiger partial charge in [0, 0.05) is 11.5 Å². The maximum absolute atomic E-state index is 13.0. The fourth-order valence-electron chi connectivity index (χ4n) is 2.90. The van der Waals surface area contributed by atoms with Gasteiger partial charge < -0.3 is 14.5 Å². The minimum Gasteiger partial charge on any atom is -0.478 e. The SMILES string of the molecule is CCOc1ccc2c3nc[nH]c3c(=O)n(-c3ccc(OC(F)F)cc3)c2n1. The Hall–Kier alpha value is -3.49. The molecule has 4 rings (SSSR count). The molecular weight excluding hydrogens is 358 g/mol. The van der Waals surface area contributed by atoms with Gasteiger partial charge >= 0.3 is 6.61 Å². The average molecular weight is 372 g/mol. The van der Waals surface area contributed by atoms with Crippen molar-refractivity contribution < 1.29 is 18.3 Å². The van der Waals surface area contributed by atoms with Crippen molar-refractivity contribution in [1.82, 2.24) is 19.5 Å². The molecule has 0 aliphatic rings. The first-order valence-electron chi connectivity index (χ1n) is 8.15. The van der Waals surface area contributed by atoms with E-state index < -0.39 is 6.61 Å². The predicted molar refractivity (Wildman–Crippen MR) is 94.8 cm³/mol. The summed E-state index contributed by atoms with van der Waals surface area (Å²) in [5.41, 5.74) is 1.26. The second-order valence-corrected chi connectivity index (χ2v) is 5.59. The van der Waals surface area contributed by atoms with Gasteiger partial charge in [-0.05, 0) is 37.3 Å². The normalized spacial score (nSPS) is 11.4. The van der Waals surface area contributed by atoms with Crippen molar-refractivity contribution in [2.24, 2.45) is 0 Å². The molecule has 1 aromatic carbocycles. The molecule has 7 nitrogen and oxygen atoms in total. The number of rotatable bonds is 5. The fraction of sp³-hybridized carbons (Fsp3) is 0.167. The van der Waals surface area contributed by atoms with Crippen molar-refractivity contribution in [1.29, 1.82) is 0 Å². The van der Waals surface area contributed by atoms with Gasteiger partial charge in [-0.25, -0.2) is 4.98 Å². The van der Waals surface area contributed by atoms with Gasteiger partial charge in [-0.2, -0.15) is 13.8 Å². The van der Waals surface area contributed by atoms with Crippen molar-refractivity contribution in [3.63, 3.8) is 0 Å². The maximum atomic E-state index is 13.0. The number of alkyl halides is 2. The number of halogens is 2. The monoisotopic (exact) mass is 372 g/mol. The number of pyridine rings is 2. The van der Waals surface area contributed by atoms with Crippen LogP contribution in [0, 0.1) is 0 Å². The predicted octanol–water partition coefficient (Wildman–Crippen LogP) is 3.26. The lowest BCUT2D eigenvalue weighted by Gasteiger charge is -2.12. The first-order valence-corrected chi connectivity index (χ1v) is 8.15. The van der Waals surface area contributed by atoms with Crippen LogP contribution < -0.4 is 15.0 Å². The number of nitrogens with zero attached hydrogens (tertiary/aromatic N) is 3. The number of aromatic amines is 1. The number of fused-ring (bicyclic) bond motifs is 3. The molecule has 138 valence electrons. The summed E-state index contributed by atoms with van der Waals surface area (Å²) >= 11 is 0. The fourth-order valence-corrected chi connectivity index (χ4v) is 2.90. The summed E-state index contributed by atoms with van der Waals surface area (Å²) in [6.45, 7) is -0.666. The van der Waals surface area contributed by atoms with Gasteiger partial charge in [0.15, 0.2) is 5.65 Å². The van der Waals surface area contributed by atoms with E-state index in [2.05, 4.69) is 19.7 Å². The Kier molecular flexibility index (Phi) is 4.19. The summed E-state index contributed by atoms with van der Waals surface area (Å²) in [5.74, 6) is 0.363. The van der Waals surface area contributed by atoms with Crippen molar-refractivity contribution >= 4 is 22.1 Å². The van der Waals surface area contributed by atoms with Crippen molar-refractivity contribution in [3.8, 4) is 17.3 Å². The molecule has 0 saturated carbocycles. The molecule has 0 amide bonds. The van der Waals surface area contributed by atoms with Crippen LogP contribution in [0.25, 0.3) is 27.8 Å². The summed E-state index contributed by atoms with van der Waals surface area (Å²) < 4.78 is 35.9. The van der Waals surface area contributed by atoms with Crippen LogP contribution in [0.1, 0.15) is 6.92 Å². The van der Waals surface area contributed by atoms with E-state index in [0.29, 0.717) is 40.2 Å².